The molecule has 0 aliphatic heterocycles. The molecular weight excluding hydrogens is 226 g/mol. The lowest BCUT2D eigenvalue weighted by atomic mass is 10.0. The van der Waals surface area contributed by atoms with Gasteiger partial charge in [-0.15, -0.1) is 0 Å². The maximum absolute atomic E-state index is 5.12. The highest BCUT2D eigenvalue weighted by Crippen LogP contribution is 2.11. The summed E-state index contributed by atoms with van der Waals surface area (Å²) in [6.07, 6.45) is 7.55. The summed E-state index contributed by atoms with van der Waals surface area (Å²) in [5.41, 5.74) is 1.05. The molecule has 0 aromatic carbocycles. The molecule has 102 valence electrons. The third-order valence-corrected chi connectivity index (χ3v) is 3.01. The Labute approximate surface area is 110 Å². The van der Waals surface area contributed by atoms with Crippen molar-refractivity contribution in [3.63, 3.8) is 0 Å². The zero-order valence-electron chi connectivity index (χ0n) is 11.8. The largest absolute Gasteiger partial charge is 0.481 e. The number of nitrogens with zero attached hydrogens (tertiary/aromatic N) is 2. The Morgan fingerprint density at radius 2 is 2.11 bits per heavy atom. The first-order valence-corrected chi connectivity index (χ1v) is 6.88. The number of nitrogens with one attached hydrogen (secondary N) is 1. The summed E-state index contributed by atoms with van der Waals surface area (Å²) in [5, 5.41) is 3.53. The van der Waals surface area contributed by atoms with Crippen LogP contribution in [0, 0.1) is 0 Å². The second kappa shape index (κ2) is 8.86. The Bertz CT molecular complexity index is 331. The molecule has 1 atom stereocenters. The Balaban J connectivity index is 2.52. The first-order valence-electron chi connectivity index (χ1n) is 6.88. The van der Waals surface area contributed by atoms with E-state index >= 15 is 0 Å². The predicted octanol–water partition coefficient (Wildman–Crippen LogP) is 2.59. The number of ether oxygens (including phenoxy) is 1. The van der Waals surface area contributed by atoms with Crippen molar-refractivity contribution in [3.8, 4) is 5.88 Å². The molecule has 4 heteroatoms. The molecule has 0 amide bonds. The second-order valence-electron chi connectivity index (χ2n) is 4.51. The minimum Gasteiger partial charge on any atom is -0.481 e. The summed E-state index contributed by atoms with van der Waals surface area (Å²) in [6, 6.07) is 2.42. The molecule has 0 fully saturated rings. The van der Waals surface area contributed by atoms with Crippen LogP contribution in [0.5, 0.6) is 5.88 Å². The van der Waals surface area contributed by atoms with Gasteiger partial charge in [0.1, 0.15) is 6.33 Å². The highest BCUT2D eigenvalue weighted by molar-refractivity contribution is 5.14. The van der Waals surface area contributed by atoms with Gasteiger partial charge in [0.05, 0.1) is 7.11 Å². The van der Waals surface area contributed by atoms with Crippen LogP contribution in [0.15, 0.2) is 12.4 Å². The number of aromatic nitrogens is 2. The molecule has 1 aromatic rings. The van der Waals surface area contributed by atoms with E-state index in [1.165, 1.54) is 25.7 Å². The van der Waals surface area contributed by atoms with Gasteiger partial charge in [-0.05, 0) is 13.0 Å². The van der Waals surface area contributed by atoms with Crippen molar-refractivity contribution >= 4 is 0 Å². The monoisotopic (exact) mass is 251 g/mol. The third-order valence-electron chi connectivity index (χ3n) is 3.01. The minimum absolute atomic E-state index is 0.501. The number of rotatable bonds is 9. The molecule has 18 heavy (non-hydrogen) atoms. The van der Waals surface area contributed by atoms with E-state index in [1.807, 2.05) is 6.07 Å². The van der Waals surface area contributed by atoms with Crippen LogP contribution in [0.4, 0.5) is 0 Å². The molecule has 0 aliphatic carbocycles. The lowest BCUT2D eigenvalue weighted by Gasteiger charge is -2.17. The van der Waals surface area contributed by atoms with E-state index in [-0.39, 0.29) is 0 Å². The molecule has 1 rings (SSSR count). The van der Waals surface area contributed by atoms with E-state index in [9.17, 15) is 0 Å². The van der Waals surface area contributed by atoms with E-state index in [0.29, 0.717) is 11.9 Å². The predicted molar refractivity (Wildman–Crippen MR) is 73.9 cm³/mol. The number of likely N-dealkylation sites (N-methyl/N-ethyl adjacent to an activating group) is 1. The second-order valence-corrected chi connectivity index (χ2v) is 4.51. The van der Waals surface area contributed by atoms with Gasteiger partial charge in [0, 0.05) is 24.2 Å². The highest BCUT2D eigenvalue weighted by Gasteiger charge is 2.09. The number of hydrogen-bond acceptors (Lipinski definition) is 4. The van der Waals surface area contributed by atoms with Crippen molar-refractivity contribution in [2.24, 2.45) is 0 Å². The molecule has 0 saturated heterocycles. The van der Waals surface area contributed by atoms with Crippen LogP contribution in [0.25, 0.3) is 0 Å². The zero-order chi connectivity index (χ0) is 13.2. The fourth-order valence-corrected chi connectivity index (χ4v) is 2.06. The van der Waals surface area contributed by atoms with Crippen LogP contribution in [-0.4, -0.2) is 29.7 Å². The quantitative estimate of drug-likeness (QED) is 0.685. The van der Waals surface area contributed by atoms with Gasteiger partial charge < -0.3 is 10.1 Å². The van der Waals surface area contributed by atoms with Crippen LogP contribution in [0.3, 0.4) is 0 Å². The van der Waals surface area contributed by atoms with Crippen molar-refractivity contribution in [1.29, 1.82) is 0 Å². The first kappa shape index (κ1) is 14.9. The van der Waals surface area contributed by atoms with Gasteiger partial charge in [0.15, 0.2) is 0 Å². The average molecular weight is 251 g/mol. The molecule has 4 nitrogen and oxygen atoms in total. The van der Waals surface area contributed by atoms with Crippen LogP contribution in [-0.2, 0) is 6.42 Å². The lowest BCUT2D eigenvalue weighted by molar-refractivity contribution is 0.394. The van der Waals surface area contributed by atoms with Crippen molar-refractivity contribution in [2.75, 3.05) is 13.7 Å². The van der Waals surface area contributed by atoms with Crippen molar-refractivity contribution in [3.05, 3.63) is 18.1 Å². The number of hydrogen-bond donors (Lipinski definition) is 1. The molecular formula is C14H25N3O. The van der Waals surface area contributed by atoms with E-state index in [0.717, 1.165) is 18.7 Å². The van der Waals surface area contributed by atoms with E-state index in [1.54, 1.807) is 13.4 Å². The van der Waals surface area contributed by atoms with Gasteiger partial charge in [-0.3, -0.25) is 0 Å². The number of unbranched alkanes of at least 4 members (excludes halogenated alkanes) is 2. The molecule has 0 radical (unpaired) electrons. The summed E-state index contributed by atoms with van der Waals surface area (Å²) >= 11 is 0. The van der Waals surface area contributed by atoms with Crippen LogP contribution >= 0.6 is 0 Å². The Morgan fingerprint density at radius 1 is 1.28 bits per heavy atom. The number of methoxy groups -OCH3 is 1. The van der Waals surface area contributed by atoms with Gasteiger partial charge in [0.25, 0.3) is 0 Å². The molecule has 0 spiro atoms. The molecule has 1 aromatic heterocycles. The molecule has 1 N–H and O–H groups in total. The molecule has 1 unspecified atom stereocenters. The van der Waals surface area contributed by atoms with Gasteiger partial charge in [0.2, 0.25) is 5.88 Å². The van der Waals surface area contributed by atoms with E-state index < -0.39 is 0 Å². The SMILES string of the molecule is CCCCCC(Cc1cc(OC)ncn1)NCC. The minimum atomic E-state index is 0.501. The Kier molecular flexibility index (Phi) is 7.34. The summed E-state index contributed by atoms with van der Waals surface area (Å²) in [4.78, 5) is 8.34. The maximum Gasteiger partial charge on any atom is 0.216 e. The van der Waals surface area contributed by atoms with E-state index in [2.05, 4.69) is 29.1 Å². The topological polar surface area (TPSA) is 47.0 Å². The lowest BCUT2D eigenvalue weighted by Crippen LogP contribution is -2.31. The Hall–Kier alpha value is -1.16. The van der Waals surface area contributed by atoms with Crippen LogP contribution in [0.2, 0.25) is 0 Å². The van der Waals surface area contributed by atoms with Crippen molar-refractivity contribution < 1.29 is 4.74 Å². The Morgan fingerprint density at radius 3 is 2.78 bits per heavy atom. The van der Waals surface area contributed by atoms with Gasteiger partial charge >= 0.3 is 0 Å². The normalized spacial score (nSPS) is 12.4. The van der Waals surface area contributed by atoms with Crippen molar-refractivity contribution in [1.82, 2.24) is 15.3 Å². The van der Waals surface area contributed by atoms with Gasteiger partial charge in [-0.2, -0.15) is 0 Å². The van der Waals surface area contributed by atoms with Gasteiger partial charge in [-0.25, -0.2) is 9.97 Å². The van der Waals surface area contributed by atoms with E-state index in [4.69, 9.17) is 4.74 Å². The highest BCUT2D eigenvalue weighted by atomic mass is 16.5. The molecule has 1 heterocycles. The molecule has 0 aliphatic rings. The maximum atomic E-state index is 5.12. The molecule has 0 bridgehead atoms. The fraction of sp³-hybridized carbons (Fsp3) is 0.714. The fourth-order valence-electron chi connectivity index (χ4n) is 2.06. The van der Waals surface area contributed by atoms with Crippen LogP contribution in [0.1, 0.15) is 45.2 Å². The smallest absolute Gasteiger partial charge is 0.216 e. The summed E-state index contributed by atoms with van der Waals surface area (Å²) in [6.45, 7) is 5.38. The summed E-state index contributed by atoms with van der Waals surface area (Å²) in [7, 11) is 1.63. The average Bonchev–Trinajstić information content (AvgIpc) is 2.39. The summed E-state index contributed by atoms with van der Waals surface area (Å²) < 4.78 is 5.12. The zero-order valence-corrected chi connectivity index (χ0v) is 11.8. The first-order chi connectivity index (χ1) is 8.80. The molecule has 0 saturated carbocycles. The summed E-state index contributed by atoms with van der Waals surface area (Å²) in [5.74, 6) is 0.642. The van der Waals surface area contributed by atoms with Gasteiger partial charge in [-0.1, -0.05) is 33.1 Å². The third kappa shape index (κ3) is 5.45. The standard InChI is InChI=1S/C14H25N3O/c1-4-6-7-8-12(15-5-2)9-13-10-14(18-3)17-11-16-13/h10-12,15H,4-9H2,1-3H3. The van der Waals surface area contributed by atoms with Crippen molar-refractivity contribution in [2.45, 2.75) is 52.0 Å². The van der Waals surface area contributed by atoms with Crippen LogP contribution < -0.4 is 10.1 Å².